The predicted molar refractivity (Wildman–Crippen MR) is 68.2 cm³/mol. The van der Waals surface area contributed by atoms with Crippen molar-refractivity contribution < 1.29 is 17.9 Å². The highest BCUT2D eigenvalue weighted by Gasteiger charge is 2.20. The molecule has 0 aliphatic rings. The van der Waals surface area contributed by atoms with Crippen LogP contribution in [0.3, 0.4) is 0 Å². The maximum Gasteiger partial charge on any atom is 0.322 e. The molecule has 100 valence electrons. The van der Waals surface area contributed by atoms with E-state index in [4.69, 9.17) is 5.73 Å². The van der Waals surface area contributed by atoms with Gasteiger partial charge in [-0.05, 0) is 18.6 Å². The Morgan fingerprint density at radius 2 is 2.06 bits per heavy atom. The minimum atomic E-state index is -3.74. The Bertz CT molecular complexity index is 528. The molecule has 0 radical (unpaired) electrons. The van der Waals surface area contributed by atoms with Crippen LogP contribution in [0.4, 0.5) is 5.69 Å². The maximum atomic E-state index is 11.6. The highest BCUT2D eigenvalue weighted by atomic mass is 32.2. The van der Waals surface area contributed by atoms with E-state index in [1.54, 1.807) is 31.2 Å². The fourth-order valence-electron chi connectivity index (χ4n) is 1.49. The van der Waals surface area contributed by atoms with Gasteiger partial charge in [-0.15, -0.1) is 0 Å². The van der Waals surface area contributed by atoms with E-state index in [0.29, 0.717) is 11.3 Å². The third-order valence-corrected chi connectivity index (χ3v) is 3.68. The van der Waals surface area contributed by atoms with Gasteiger partial charge in [0.2, 0.25) is 10.0 Å². The van der Waals surface area contributed by atoms with E-state index < -0.39 is 27.8 Å². The molecular weight excluding hydrogens is 256 g/mol. The maximum absolute atomic E-state index is 11.6. The summed E-state index contributed by atoms with van der Waals surface area (Å²) in [4.78, 5) is 10.9. The summed E-state index contributed by atoms with van der Waals surface area (Å²) < 4.78 is 30.0. The first kappa shape index (κ1) is 14.5. The molecular formula is C11H16N2O4S. The van der Waals surface area contributed by atoms with Gasteiger partial charge in [-0.2, -0.15) is 0 Å². The standard InChI is InChI=1S/C11H16N2O4S/c1-8(9-5-3-4-6-10(9)12)13-18(15,16)7-11(14)17-2/h3-6,8,13H,7,12H2,1-2H3. The number of nitrogens with two attached hydrogens (primary N) is 1. The second kappa shape index (κ2) is 5.83. The number of sulfonamides is 1. The Kier molecular flexibility index (Phi) is 4.69. The average molecular weight is 272 g/mol. The van der Waals surface area contributed by atoms with E-state index in [1.165, 1.54) is 0 Å². The number of anilines is 1. The minimum Gasteiger partial charge on any atom is -0.468 e. The monoisotopic (exact) mass is 272 g/mol. The molecule has 3 N–H and O–H groups in total. The average Bonchev–Trinajstić information content (AvgIpc) is 2.27. The largest absolute Gasteiger partial charge is 0.468 e. The summed E-state index contributed by atoms with van der Waals surface area (Å²) in [5, 5.41) is 0. The Morgan fingerprint density at radius 3 is 2.61 bits per heavy atom. The summed E-state index contributed by atoms with van der Waals surface area (Å²) in [6.45, 7) is 1.65. The lowest BCUT2D eigenvalue weighted by atomic mass is 10.1. The topological polar surface area (TPSA) is 98.5 Å². The molecule has 0 saturated carbocycles. The predicted octanol–water partition coefficient (Wildman–Crippen LogP) is 0.422. The second-order valence-electron chi connectivity index (χ2n) is 3.80. The van der Waals surface area contributed by atoms with E-state index in [-0.39, 0.29) is 0 Å². The summed E-state index contributed by atoms with van der Waals surface area (Å²) in [6, 6.07) is 6.41. The minimum absolute atomic E-state index is 0.491. The number of hydrogen-bond acceptors (Lipinski definition) is 5. The number of para-hydroxylation sites is 1. The van der Waals surface area contributed by atoms with Gasteiger partial charge in [-0.1, -0.05) is 18.2 Å². The number of ether oxygens (including phenoxy) is 1. The van der Waals surface area contributed by atoms with Crippen molar-refractivity contribution in [3.05, 3.63) is 29.8 Å². The normalized spacial score (nSPS) is 13.0. The SMILES string of the molecule is COC(=O)CS(=O)(=O)NC(C)c1ccccc1N. The van der Waals surface area contributed by atoms with E-state index in [1.807, 2.05) is 0 Å². The second-order valence-corrected chi connectivity index (χ2v) is 5.56. The summed E-state index contributed by atoms with van der Waals surface area (Å²) in [6.07, 6.45) is 0. The van der Waals surface area contributed by atoms with Crippen LogP contribution in [-0.4, -0.2) is 27.2 Å². The van der Waals surface area contributed by atoms with E-state index in [2.05, 4.69) is 9.46 Å². The van der Waals surface area contributed by atoms with Crippen LogP contribution in [0.2, 0.25) is 0 Å². The summed E-state index contributed by atoms with van der Waals surface area (Å²) >= 11 is 0. The van der Waals surface area contributed by atoms with E-state index >= 15 is 0 Å². The van der Waals surface area contributed by atoms with Crippen molar-refractivity contribution in [3.63, 3.8) is 0 Å². The fourth-order valence-corrected chi connectivity index (χ4v) is 2.67. The van der Waals surface area contributed by atoms with Crippen LogP contribution in [-0.2, 0) is 19.6 Å². The number of benzene rings is 1. The highest BCUT2D eigenvalue weighted by Crippen LogP contribution is 2.19. The molecule has 0 bridgehead atoms. The molecule has 1 atom stereocenters. The molecule has 1 aromatic rings. The smallest absolute Gasteiger partial charge is 0.322 e. The quantitative estimate of drug-likeness (QED) is 0.598. The zero-order valence-electron chi connectivity index (χ0n) is 10.2. The third kappa shape index (κ3) is 4.01. The van der Waals surface area contributed by atoms with Crippen LogP contribution in [0.25, 0.3) is 0 Å². The Labute approximate surface area is 106 Å². The van der Waals surface area contributed by atoms with E-state index in [9.17, 15) is 13.2 Å². The van der Waals surface area contributed by atoms with Crippen molar-refractivity contribution in [1.82, 2.24) is 4.72 Å². The molecule has 1 rings (SSSR count). The van der Waals surface area contributed by atoms with Crippen LogP contribution in [0.5, 0.6) is 0 Å². The molecule has 0 fully saturated rings. The molecule has 0 spiro atoms. The number of rotatable bonds is 5. The fraction of sp³-hybridized carbons (Fsp3) is 0.364. The van der Waals surface area contributed by atoms with Crippen molar-refractivity contribution in [1.29, 1.82) is 0 Å². The van der Waals surface area contributed by atoms with Crippen molar-refractivity contribution >= 4 is 21.7 Å². The number of methoxy groups -OCH3 is 1. The molecule has 18 heavy (non-hydrogen) atoms. The number of nitrogen functional groups attached to an aromatic ring is 1. The zero-order chi connectivity index (χ0) is 13.8. The number of nitrogens with one attached hydrogen (secondary N) is 1. The molecule has 0 heterocycles. The van der Waals surface area contributed by atoms with Crippen LogP contribution in [0.1, 0.15) is 18.5 Å². The number of hydrogen-bond donors (Lipinski definition) is 2. The van der Waals surface area contributed by atoms with Crippen LogP contribution in [0.15, 0.2) is 24.3 Å². The summed E-state index contributed by atoms with van der Waals surface area (Å²) in [5.41, 5.74) is 6.89. The molecule has 1 unspecified atom stereocenters. The molecule has 1 aromatic carbocycles. The lowest BCUT2D eigenvalue weighted by Crippen LogP contribution is -2.32. The van der Waals surface area contributed by atoms with Gasteiger partial charge in [0.25, 0.3) is 0 Å². The van der Waals surface area contributed by atoms with Gasteiger partial charge in [0, 0.05) is 11.7 Å². The summed E-state index contributed by atoms with van der Waals surface area (Å²) in [5.74, 6) is -1.52. The Balaban J connectivity index is 2.79. The van der Waals surface area contributed by atoms with Crippen molar-refractivity contribution in [3.8, 4) is 0 Å². The van der Waals surface area contributed by atoms with Crippen LogP contribution in [0, 0.1) is 0 Å². The summed E-state index contributed by atoms with van der Waals surface area (Å²) in [7, 11) is -2.60. The van der Waals surface area contributed by atoms with Crippen molar-refractivity contribution in [2.45, 2.75) is 13.0 Å². The molecule has 6 nitrogen and oxygen atoms in total. The molecule has 0 aromatic heterocycles. The van der Waals surface area contributed by atoms with Gasteiger partial charge in [0.05, 0.1) is 7.11 Å². The van der Waals surface area contributed by atoms with E-state index in [0.717, 1.165) is 7.11 Å². The van der Waals surface area contributed by atoms with Gasteiger partial charge in [0.1, 0.15) is 0 Å². The first-order valence-electron chi connectivity index (χ1n) is 5.27. The molecule has 0 saturated heterocycles. The number of esters is 1. The Morgan fingerprint density at radius 1 is 1.44 bits per heavy atom. The van der Waals surface area contributed by atoms with Crippen molar-refractivity contribution in [2.75, 3.05) is 18.6 Å². The molecule has 0 aliphatic carbocycles. The van der Waals surface area contributed by atoms with Gasteiger partial charge in [0.15, 0.2) is 5.75 Å². The molecule has 0 amide bonds. The van der Waals surface area contributed by atoms with Crippen LogP contribution >= 0.6 is 0 Å². The van der Waals surface area contributed by atoms with Gasteiger partial charge in [-0.3, -0.25) is 4.79 Å². The first-order valence-corrected chi connectivity index (χ1v) is 6.92. The first-order chi connectivity index (χ1) is 8.35. The lowest BCUT2D eigenvalue weighted by Gasteiger charge is -2.15. The van der Waals surface area contributed by atoms with Gasteiger partial charge >= 0.3 is 5.97 Å². The highest BCUT2D eigenvalue weighted by molar-refractivity contribution is 7.90. The lowest BCUT2D eigenvalue weighted by molar-refractivity contribution is -0.137. The van der Waals surface area contributed by atoms with Crippen molar-refractivity contribution in [2.24, 2.45) is 0 Å². The molecule has 0 aliphatic heterocycles. The third-order valence-electron chi connectivity index (χ3n) is 2.35. The number of carbonyl (C=O) groups is 1. The number of carbonyl (C=O) groups excluding carboxylic acids is 1. The molecule has 7 heteroatoms. The Hall–Kier alpha value is -1.60. The van der Waals surface area contributed by atoms with Crippen LogP contribution < -0.4 is 10.5 Å². The van der Waals surface area contributed by atoms with Gasteiger partial charge < -0.3 is 10.5 Å². The van der Waals surface area contributed by atoms with Gasteiger partial charge in [-0.25, -0.2) is 13.1 Å². The zero-order valence-corrected chi connectivity index (χ0v) is 11.0.